The summed E-state index contributed by atoms with van der Waals surface area (Å²) in [6.07, 6.45) is -4.63. The quantitative estimate of drug-likeness (QED) is 0.197. The largest absolute Gasteiger partial charge is 0.432 e. The third kappa shape index (κ3) is 7.84. The minimum atomic E-state index is -1.64. The minimum Gasteiger partial charge on any atom is -0.430 e. The summed E-state index contributed by atoms with van der Waals surface area (Å²) in [5, 5.41) is 48.3. The molecule has 0 bridgehead atoms. The second-order valence-corrected chi connectivity index (χ2v) is 2.01. The van der Waals surface area contributed by atoms with E-state index in [0.717, 1.165) is 0 Å². The van der Waals surface area contributed by atoms with Gasteiger partial charge in [0.2, 0.25) is 0 Å². The molecule has 0 saturated carbocycles. The molecule has 0 fully saturated rings. The van der Waals surface area contributed by atoms with Crippen LogP contribution >= 0.6 is 0 Å². The second kappa shape index (κ2) is 9.58. The molecule has 0 spiro atoms. The molecule has 6 N–H and O–H groups in total. The number of aliphatic hydroxyl groups excluding tert-OH is 4. The van der Waals surface area contributed by atoms with Gasteiger partial charge in [-0.25, -0.2) is 0 Å². The third-order valence-electron chi connectivity index (χ3n) is 1.07. The van der Waals surface area contributed by atoms with Gasteiger partial charge in [0.25, 0.3) is 0 Å². The number of aliphatic hydroxyl groups is 4. The molecule has 0 aromatic carbocycles. The van der Waals surface area contributed by atoms with Gasteiger partial charge in [-0.05, 0) is 0 Å². The summed E-state index contributed by atoms with van der Waals surface area (Å²) < 4.78 is 0. The molecule has 7 nitrogen and oxygen atoms in total. The lowest BCUT2D eigenvalue weighted by Crippen LogP contribution is -2.40. The van der Waals surface area contributed by atoms with E-state index in [9.17, 15) is 4.79 Å². The molecule has 13 heavy (non-hydrogen) atoms. The van der Waals surface area contributed by atoms with E-state index >= 15 is 0 Å². The number of rotatable bonds is 4. The second-order valence-electron chi connectivity index (χ2n) is 2.01. The van der Waals surface area contributed by atoms with Crippen molar-refractivity contribution in [2.75, 3.05) is 6.61 Å². The molecule has 0 aromatic rings. The number of aldehydes is 1. The molecule has 0 aromatic heterocycles. The fraction of sp³-hybridized carbons (Fsp3) is 0.800. The number of carbonyl (C=O) groups is 1. The molecule has 0 saturated heterocycles. The van der Waals surface area contributed by atoms with Gasteiger partial charge in [0, 0.05) is 0 Å². The van der Waals surface area contributed by atoms with Crippen LogP contribution in [0.4, 0.5) is 0 Å². The highest BCUT2D eigenvalue weighted by Gasteiger charge is 2.22. The van der Waals surface area contributed by atoms with Gasteiger partial charge in [0.15, 0.2) is 6.29 Å². The van der Waals surface area contributed by atoms with Crippen molar-refractivity contribution in [2.45, 2.75) is 18.3 Å². The average Bonchev–Trinajstić information content (AvgIpc) is 2.15. The van der Waals surface area contributed by atoms with Gasteiger partial charge in [0.05, 0.1) is 6.61 Å². The average molecular weight is 196 g/mol. The minimum absolute atomic E-state index is 0.0869. The highest BCUT2D eigenvalue weighted by molar-refractivity contribution is 6.13. The highest BCUT2D eigenvalue weighted by atomic mass is 16.4. The predicted molar refractivity (Wildman–Crippen MR) is 42.8 cm³/mol. The van der Waals surface area contributed by atoms with Gasteiger partial charge in [-0.3, -0.25) is 0 Å². The normalized spacial score (nSPS) is 16.2. The molecule has 8 heteroatoms. The summed E-state index contributed by atoms with van der Waals surface area (Å²) in [6, 6.07) is 0. The van der Waals surface area contributed by atoms with Crippen molar-refractivity contribution >= 4 is 14.0 Å². The molecule has 0 rings (SSSR count). The van der Waals surface area contributed by atoms with Crippen LogP contribution in [0.3, 0.4) is 0 Å². The fourth-order valence-corrected chi connectivity index (χ4v) is 0.416. The fourth-order valence-electron chi connectivity index (χ4n) is 0.416. The van der Waals surface area contributed by atoms with Gasteiger partial charge in [-0.2, -0.15) is 0 Å². The summed E-state index contributed by atoms with van der Waals surface area (Å²) in [7, 11) is -0.750. The van der Waals surface area contributed by atoms with Crippen molar-refractivity contribution in [3.05, 3.63) is 0 Å². The van der Waals surface area contributed by atoms with E-state index in [2.05, 4.69) is 0 Å². The molecule has 0 unspecified atom stereocenters. The van der Waals surface area contributed by atoms with Gasteiger partial charge < -0.3 is 35.3 Å². The standard InChI is InChI=1S/C5H10O5.BH3O2/c6-1-3(8)5(10)4(9)2-7;2-1-3/h1,3-5,7-10H,2H2;1-3H/t3-,4+,5+;/m0./s1. The van der Waals surface area contributed by atoms with Crippen LogP contribution in [0.25, 0.3) is 0 Å². The Kier molecular flexibility index (Phi) is 11.0. The molecule has 0 aliphatic heterocycles. The Morgan fingerprint density at radius 1 is 1.23 bits per heavy atom. The van der Waals surface area contributed by atoms with Crippen LogP contribution in [0.1, 0.15) is 0 Å². The molecule has 0 aliphatic carbocycles. The molecule has 0 radical (unpaired) electrons. The van der Waals surface area contributed by atoms with E-state index in [4.69, 9.17) is 30.5 Å². The van der Waals surface area contributed by atoms with E-state index < -0.39 is 32.6 Å². The van der Waals surface area contributed by atoms with Gasteiger partial charge in [-0.1, -0.05) is 0 Å². The number of carbonyl (C=O) groups excluding carboxylic acids is 1. The van der Waals surface area contributed by atoms with E-state index in [0.29, 0.717) is 0 Å². The van der Waals surface area contributed by atoms with Crippen molar-refractivity contribution in [3.63, 3.8) is 0 Å². The number of hydrogen-bond donors (Lipinski definition) is 6. The lowest BCUT2D eigenvalue weighted by molar-refractivity contribution is -0.127. The Hall–Kier alpha value is -0.505. The maximum absolute atomic E-state index is 9.76. The smallest absolute Gasteiger partial charge is 0.430 e. The zero-order chi connectivity index (χ0) is 10.9. The highest BCUT2D eigenvalue weighted by Crippen LogP contribution is 1.96. The molecule has 78 valence electrons. The zero-order valence-corrected chi connectivity index (χ0v) is 6.82. The Bertz CT molecular complexity index is 121. The zero-order valence-electron chi connectivity index (χ0n) is 6.82. The van der Waals surface area contributed by atoms with Crippen LogP contribution in [0.15, 0.2) is 0 Å². The lowest BCUT2D eigenvalue weighted by Gasteiger charge is -2.16. The van der Waals surface area contributed by atoms with Gasteiger partial charge in [0.1, 0.15) is 18.3 Å². The van der Waals surface area contributed by atoms with Gasteiger partial charge in [-0.15, -0.1) is 0 Å². The molecule has 0 heterocycles. The Morgan fingerprint density at radius 3 is 1.85 bits per heavy atom. The SMILES string of the molecule is O=C[C@H](O)[C@@H](O)[C@H](O)CO.OBO. The van der Waals surface area contributed by atoms with Crippen LogP contribution in [0.2, 0.25) is 0 Å². The van der Waals surface area contributed by atoms with Crippen molar-refractivity contribution in [3.8, 4) is 0 Å². The van der Waals surface area contributed by atoms with Crippen molar-refractivity contribution in [1.29, 1.82) is 0 Å². The molecular weight excluding hydrogens is 183 g/mol. The molecular formula is C5H13BO7. The first kappa shape index (κ1) is 15.0. The predicted octanol–water partition coefficient (Wildman–Crippen LogP) is -4.50. The summed E-state index contributed by atoms with van der Waals surface area (Å²) in [5.41, 5.74) is 0. The Morgan fingerprint density at radius 2 is 1.62 bits per heavy atom. The Labute approximate surface area is 75.2 Å². The third-order valence-corrected chi connectivity index (χ3v) is 1.07. The molecule has 0 amide bonds. The van der Waals surface area contributed by atoms with E-state index in [-0.39, 0.29) is 6.29 Å². The first-order valence-corrected chi connectivity index (χ1v) is 3.37. The topological polar surface area (TPSA) is 138 Å². The summed E-state index contributed by atoms with van der Waals surface area (Å²) in [5.74, 6) is 0. The van der Waals surface area contributed by atoms with Gasteiger partial charge >= 0.3 is 7.69 Å². The Balaban J connectivity index is 0. The summed E-state index contributed by atoms with van der Waals surface area (Å²) in [6.45, 7) is -0.688. The maximum Gasteiger partial charge on any atom is 0.432 e. The maximum atomic E-state index is 9.76. The first-order valence-electron chi connectivity index (χ1n) is 3.37. The molecule has 3 atom stereocenters. The number of hydrogen-bond acceptors (Lipinski definition) is 7. The van der Waals surface area contributed by atoms with Crippen molar-refractivity contribution in [1.82, 2.24) is 0 Å². The lowest BCUT2D eigenvalue weighted by atomic mass is 10.1. The van der Waals surface area contributed by atoms with Crippen LogP contribution in [0.5, 0.6) is 0 Å². The molecule has 0 aliphatic rings. The van der Waals surface area contributed by atoms with Crippen molar-refractivity contribution in [2.24, 2.45) is 0 Å². The van der Waals surface area contributed by atoms with Crippen molar-refractivity contribution < 1.29 is 35.3 Å². The van der Waals surface area contributed by atoms with Crippen LogP contribution < -0.4 is 0 Å². The monoisotopic (exact) mass is 196 g/mol. The first-order chi connectivity index (χ1) is 6.04. The van der Waals surface area contributed by atoms with E-state index in [1.54, 1.807) is 0 Å². The van der Waals surface area contributed by atoms with Crippen LogP contribution in [-0.4, -0.2) is 69.4 Å². The van der Waals surface area contributed by atoms with E-state index in [1.165, 1.54) is 0 Å². The summed E-state index contributed by atoms with van der Waals surface area (Å²) in [4.78, 5) is 9.76. The van der Waals surface area contributed by atoms with Crippen LogP contribution in [-0.2, 0) is 4.79 Å². The van der Waals surface area contributed by atoms with E-state index in [1.807, 2.05) is 0 Å². The summed E-state index contributed by atoms with van der Waals surface area (Å²) >= 11 is 0. The van der Waals surface area contributed by atoms with Crippen LogP contribution in [0, 0.1) is 0 Å².